The van der Waals surface area contributed by atoms with Crippen molar-refractivity contribution in [1.82, 2.24) is 14.5 Å². The van der Waals surface area contributed by atoms with Gasteiger partial charge in [-0.15, -0.1) is 0 Å². The Morgan fingerprint density at radius 2 is 1.96 bits per heavy atom. The number of likely N-dealkylation sites (N-methyl/N-ethyl adjacent to an activating group) is 1. The maximum Gasteiger partial charge on any atom is 0.416 e. The van der Waals surface area contributed by atoms with Gasteiger partial charge >= 0.3 is 11.9 Å². The van der Waals surface area contributed by atoms with E-state index in [4.69, 9.17) is 0 Å². The summed E-state index contributed by atoms with van der Waals surface area (Å²) in [7, 11) is 1.36. The second-order valence-corrected chi connectivity index (χ2v) is 6.35. The number of carbonyl (C=O) groups excluding carboxylic acids is 1. The van der Waals surface area contributed by atoms with Crippen molar-refractivity contribution in [2.24, 2.45) is 12.0 Å². The number of benzene rings is 1. The summed E-state index contributed by atoms with van der Waals surface area (Å²) in [5.74, 6) is -0.547. The van der Waals surface area contributed by atoms with E-state index < -0.39 is 35.4 Å². The number of amides is 1. The predicted molar refractivity (Wildman–Crippen MR) is 96.4 cm³/mol. The molecule has 0 unspecified atom stereocenters. The van der Waals surface area contributed by atoms with E-state index in [1.54, 1.807) is 6.92 Å². The van der Waals surface area contributed by atoms with Gasteiger partial charge in [0.1, 0.15) is 6.54 Å². The van der Waals surface area contributed by atoms with Crippen LogP contribution in [0.2, 0.25) is 0 Å². The molecule has 1 aliphatic heterocycles. The highest BCUT2D eigenvalue weighted by atomic mass is 19.4. The van der Waals surface area contributed by atoms with Crippen LogP contribution in [0.1, 0.15) is 23.6 Å². The minimum atomic E-state index is -4.60. The first-order valence-electron chi connectivity index (χ1n) is 8.45. The van der Waals surface area contributed by atoms with Crippen LogP contribution in [0.4, 0.5) is 13.2 Å². The second-order valence-electron chi connectivity index (χ2n) is 6.35. The van der Waals surface area contributed by atoms with Gasteiger partial charge in [0.05, 0.1) is 17.7 Å². The summed E-state index contributed by atoms with van der Waals surface area (Å²) in [5.41, 5.74) is -1.83. The number of aliphatic imine (C=N–C) groups is 1. The zero-order chi connectivity index (χ0) is 20.6. The molecule has 7 nitrogen and oxygen atoms in total. The van der Waals surface area contributed by atoms with Gasteiger partial charge in [-0.25, -0.2) is 4.79 Å². The number of carbonyl (C=O) groups is 1. The summed E-state index contributed by atoms with van der Waals surface area (Å²) in [4.78, 5) is 41.1. The van der Waals surface area contributed by atoms with Crippen molar-refractivity contribution < 1.29 is 18.0 Å². The molecule has 10 heteroatoms. The Morgan fingerprint density at radius 1 is 1.25 bits per heavy atom. The first-order chi connectivity index (χ1) is 13.1. The fourth-order valence-electron chi connectivity index (χ4n) is 3.07. The van der Waals surface area contributed by atoms with Crippen molar-refractivity contribution in [2.75, 3.05) is 6.54 Å². The summed E-state index contributed by atoms with van der Waals surface area (Å²) >= 11 is 0. The van der Waals surface area contributed by atoms with Crippen LogP contribution in [0.15, 0.2) is 32.9 Å². The molecule has 0 spiro atoms. The lowest BCUT2D eigenvalue weighted by Crippen LogP contribution is -2.43. The minimum Gasteiger partial charge on any atom is -0.355 e. The van der Waals surface area contributed by atoms with Crippen LogP contribution in [-0.2, 0) is 31.1 Å². The lowest BCUT2D eigenvalue weighted by atomic mass is 9.95. The maximum atomic E-state index is 13.3. The van der Waals surface area contributed by atoms with Crippen molar-refractivity contribution >= 4 is 12.1 Å². The van der Waals surface area contributed by atoms with E-state index in [-0.39, 0.29) is 17.7 Å². The molecule has 2 heterocycles. The first kappa shape index (κ1) is 19.6. The molecule has 1 aromatic heterocycles. The van der Waals surface area contributed by atoms with Gasteiger partial charge in [0.2, 0.25) is 5.91 Å². The fourth-order valence-corrected chi connectivity index (χ4v) is 3.07. The topological polar surface area (TPSA) is 85.5 Å². The van der Waals surface area contributed by atoms with Crippen LogP contribution < -0.4 is 16.6 Å². The number of rotatable bonds is 4. The van der Waals surface area contributed by atoms with Crippen LogP contribution >= 0.6 is 0 Å². The number of fused-ring (bicyclic) bond motifs is 1. The maximum absolute atomic E-state index is 13.3. The van der Waals surface area contributed by atoms with Crippen LogP contribution in [0, 0.1) is 0 Å². The van der Waals surface area contributed by atoms with Gasteiger partial charge in [-0.05, 0) is 30.2 Å². The molecular weight excluding hydrogens is 377 g/mol. The van der Waals surface area contributed by atoms with Gasteiger partial charge in [-0.1, -0.05) is 0 Å². The van der Waals surface area contributed by atoms with E-state index in [1.807, 2.05) is 0 Å². The summed E-state index contributed by atoms with van der Waals surface area (Å²) in [6, 6.07) is 1.87. The normalized spacial score (nSPS) is 12.9. The molecule has 1 amide bonds. The number of halogens is 3. The summed E-state index contributed by atoms with van der Waals surface area (Å²) in [6.07, 6.45) is -2.02. The molecule has 0 saturated carbocycles. The number of hydrogen-bond donors (Lipinski definition) is 1. The Kier molecular flexibility index (Phi) is 4.97. The standard InChI is InChI=1S/C18H17F3N4O3/c1-3-23-15(26)9-25-16(27)14(8-24(2)17(25)28)12-5-11(18(19,20)21)4-10-6-22-7-13(10)12/h4-5,7-8H,3,6,9H2,1-2H3,(H,23,26). The Balaban J connectivity index is 2.25. The quantitative estimate of drug-likeness (QED) is 0.848. The molecule has 1 aromatic carbocycles. The third-order valence-corrected chi connectivity index (χ3v) is 4.37. The van der Waals surface area contributed by atoms with Crippen molar-refractivity contribution in [3.05, 3.63) is 55.9 Å². The molecule has 0 radical (unpaired) electrons. The van der Waals surface area contributed by atoms with Gasteiger partial charge in [-0.3, -0.25) is 19.1 Å². The highest BCUT2D eigenvalue weighted by molar-refractivity contribution is 5.94. The van der Waals surface area contributed by atoms with Crippen molar-refractivity contribution in [3.8, 4) is 11.1 Å². The SMILES string of the molecule is CCNC(=O)Cn1c(=O)c(-c2cc(C(F)(F)F)cc3c2C=NC3)cn(C)c1=O. The van der Waals surface area contributed by atoms with Gasteiger partial charge in [-0.2, -0.15) is 13.2 Å². The molecule has 0 aliphatic carbocycles. The number of aryl methyl sites for hydroxylation is 1. The summed E-state index contributed by atoms with van der Waals surface area (Å²) < 4.78 is 41.7. The molecule has 0 bridgehead atoms. The van der Waals surface area contributed by atoms with Crippen LogP contribution in [0.25, 0.3) is 11.1 Å². The molecular formula is C18H17F3N4O3. The number of alkyl halides is 3. The average Bonchev–Trinajstić information content (AvgIpc) is 3.09. The van der Waals surface area contributed by atoms with Crippen LogP contribution in [0.3, 0.4) is 0 Å². The van der Waals surface area contributed by atoms with E-state index in [1.165, 1.54) is 19.5 Å². The largest absolute Gasteiger partial charge is 0.416 e. The minimum absolute atomic E-state index is 0.0244. The van der Waals surface area contributed by atoms with Crippen LogP contribution in [0.5, 0.6) is 0 Å². The summed E-state index contributed by atoms with van der Waals surface area (Å²) in [6.45, 7) is 1.54. The molecule has 1 N–H and O–H groups in total. The smallest absolute Gasteiger partial charge is 0.355 e. The monoisotopic (exact) mass is 394 g/mol. The highest BCUT2D eigenvalue weighted by Crippen LogP contribution is 2.36. The van der Waals surface area contributed by atoms with Gasteiger partial charge < -0.3 is 9.88 Å². The zero-order valence-corrected chi connectivity index (χ0v) is 15.1. The molecule has 2 aromatic rings. The van der Waals surface area contributed by atoms with E-state index >= 15 is 0 Å². The highest BCUT2D eigenvalue weighted by Gasteiger charge is 2.33. The van der Waals surface area contributed by atoms with E-state index in [2.05, 4.69) is 10.3 Å². The van der Waals surface area contributed by atoms with Gasteiger partial charge in [0.25, 0.3) is 5.56 Å². The van der Waals surface area contributed by atoms with Crippen molar-refractivity contribution in [3.63, 3.8) is 0 Å². The Morgan fingerprint density at radius 3 is 2.61 bits per heavy atom. The number of nitrogens with one attached hydrogen (secondary N) is 1. The molecule has 0 fully saturated rings. The van der Waals surface area contributed by atoms with E-state index in [0.717, 1.165) is 16.7 Å². The molecule has 0 atom stereocenters. The predicted octanol–water partition coefficient (Wildman–Crippen LogP) is 1.30. The third-order valence-electron chi connectivity index (χ3n) is 4.37. The van der Waals surface area contributed by atoms with Crippen molar-refractivity contribution in [1.29, 1.82) is 0 Å². The Bertz CT molecular complexity index is 1100. The van der Waals surface area contributed by atoms with Gasteiger partial charge in [0, 0.05) is 31.6 Å². The zero-order valence-electron chi connectivity index (χ0n) is 15.1. The average molecular weight is 394 g/mol. The van der Waals surface area contributed by atoms with E-state index in [9.17, 15) is 27.6 Å². The molecule has 148 valence electrons. The molecule has 3 rings (SSSR count). The Labute approximate surface area is 157 Å². The number of nitrogens with zero attached hydrogens (tertiary/aromatic N) is 3. The number of aromatic nitrogens is 2. The molecule has 28 heavy (non-hydrogen) atoms. The molecule has 1 aliphatic rings. The fraction of sp³-hybridized carbons (Fsp3) is 0.333. The Hall–Kier alpha value is -3.17. The van der Waals surface area contributed by atoms with Crippen molar-refractivity contribution in [2.45, 2.75) is 26.2 Å². The number of hydrogen-bond acceptors (Lipinski definition) is 4. The van der Waals surface area contributed by atoms with E-state index in [0.29, 0.717) is 22.2 Å². The lowest BCUT2D eigenvalue weighted by Gasteiger charge is -2.15. The molecule has 0 saturated heterocycles. The lowest BCUT2D eigenvalue weighted by molar-refractivity contribution is -0.137. The third kappa shape index (κ3) is 3.49. The first-order valence-corrected chi connectivity index (χ1v) is 8.45. The van der Waals surface area contributed by atoms with Gasteiger partial charge in [0.15, 0.2) is 0 Å². The second kappa shape index (κ2) is 7.10. The van der Waals surface area contributed by atoms with Crippen LogP contribution in [-0.4, -0.2) is 27.8 Å². The summed E-state index contributed by atoms with van der Waals surface area (Å²) in [5, 5.41) is 2.48.